The molecule has 2 aliphatic rings. The van der Waals surface area contributed by atoms with Gasteiger partial charge in [-0.05, 0) is 51.4 Å². The number of unbranched alkanes of at least 4 members (excludes halogenated alkanes) is 16. The molecule has 0 bridgehead atoms. The molecule has 0 aromatic carbocycles. The molecule has 372 valence electrons. The zero-order valence-electron chi connectivity index (χ0n) is 38.2. The highest BCUT2D eigenvalue weighted by atomic mass is 31.2. The van der Waals surface area contributed by atoms with Crippen LogP contribution in [0.4, 0.5) is 0 Å². The molecule has 64 heavy (non-hydrogen) atoms. The van der Waals surface area contributed by atoms with Crippen LogP contribution in [0, 0.1) is 0 Å². The van der Waals surface area contributed by atoms with Gasteiger partial charge in [0.15, 0.2) is 6.10 Å². The van der Waals surface area contributed by atoms with Crippen molar-refractivity contribution in [3.05, 3.63) is 36.5 Å². The van der Waals surface area contributed by atoms with Crippen LogP contribution >= 0.6 is 15.6 Å². The van der Waals surface area contributed by atoms with Crippen molar-refractivity contribution in [3.63, 3.8) is 0 Å². The van der Waals surface area contributed by atoms with Gasteiger partial charge in [0.2, 0.25) is 0 Å². The summed E-state index contributed by atoms with van der Waals surface area (Å²) in [6.45, 7) is 3.02. The lowest BCUT2D eigenvalue weighted by Gasteiger charge is -2.43. The Kier molecular flexibility index (Phi) is 30.6. The zero-order valence-corrected chi connectivity index (χ0v) is 39.9. The normalized spacial score (nSPS) is 25.3. The Balaban J connectivity index is 1.82. The lowest BCUT2D eigenvalue weighted by molar-refractivity contribution is -0.216. The first-order chi connectivity index (χ1) is 30.6. The number of allylic oxidation sites excluding steroid dienone is 4. The van der Waals surface area contributed by atoms with Gasteiger partial charge in [-0.25, -0.2) is 9.13 Å². The van der Waals surface area contributed by atoms with E-state index in [1.54, 1.807) is 0 Å². The summed E-state index contributed by atoms with van der Waals surface area (Å²) in [7, 11) is -10.7. The molecule has 2 rings (SSSR count). The monoisotopic (exact) mass is 954 g/mol. The molecule has 19 heteroatoms. The van der Waals surface area contributed by atoms with Gasteiger partial charge in [-0.2, -0.15) is 0 Å². The first kappa shape index (κ1) is 58.3. The summed E-state index contributed by atoms with van der Waals surface area (Å²) in [6.07, 6.45) is 21.4. The number of aliphatic hydroxyl groups is 4. The van der Waals surface area contributed by atoms with E-state index in [0.717, 1.165) is 51.4 Å². The van der Waals surface area contributed by atoms with Crippen molar-refractivity contribution in [1.29, 1.82) is 0 Å². The molecule has 10 atom stereocenters. The first-order valence-electron chi connectivity index (χ1n) is 23.7. The molecule has 0 aromatic rings. The summed E-state index contributed by atoms with van der Waals surface area (Å²) in [6, 6.07) is 0. The van der Waals surface area contributed by atoms with Gasteiger partial charge in [-0.15, -0.1) is 0 Å². The molecule has 1 heterocycles. The number of aliphatic hydroxyl groups excluding tert-OH is 4. The highest BCUT2D eigenvalue weighted by Crippen LogP contribution is 2.49. The van der Waals surface area contributed by atoms with Gasteiger partial charge in [0, 0.05) is 12.8 Å². The maximum Gasteiger partial charge on any atom is 0.472 e. The van der Waals surface area contributed by atoms with Crippen LogP contribution in [0.15, 0.2) is 36.5 Å². The zero-order chi connectivity index (χ0) is 47.2. The fourth-order valence-corrected chi connectivity index (χ4v) is 8.83. The van der Waals surface area contributed by atoms with Crippen LogP contribution in [0.25, 0.3) is 0 Å². The van der Waals surface area contributed by atoms with Crippen molar-refractivity contribution < 1.29 is 81.6 Å². The molecule has 1 aliphatic heterocycles. The molecule has 0 spiro atoms. The van der Waals surface area contributed by atoms with Crippen molar-refractivity contribution >= 4 is 27.6 Å². The molecule has 0 aromatic heterocycles. The van der Waals surface area contributed by atoms with Crippen molar-refractivity contribution in [2.45, 2.75) is 223 Å². The number of epoxide rings is 1. The van der Waals surface area contributed by atoms with E-state index in [0.29, 0.717) is 25.4 Å². The number of esters is 2. The first-order valence-corrected chi connectivity index (χ1v) is 26.7. The minimum atomic E-state index is -5.37. The quantitative estimate of drug-likeness (QED) is 0.0103. The highest BCUT2D eigenvalue weighted by Gasteiger charge is 2.54. The number of carbonyl (C=O) groups excluding carboxylic acids is 2. The molecule has 17 nitrogen and oxygen atoms in total. The van der Waals surface area contributed by atoms with Crippen molar-refractivity contribution in [1.82, 2.24) is 0 Å². The Morgan fingerprint density at radius 2 is 1.05 bits per heavy atom. The van der Waals surface area contributed by atoms with Crippen molar-refractivity contribution in [2.24, 2.45) is 0 Å². The molecule has 0 amide bonds. The maximum atomic E-state index is 13.0. The molecule has 1 saturated heterocycles. The SMILES string of the molecule is CCCCC/C=C\CC1OC1C/C=C\C/C=C\CCCC(=O)O[C@H](COC(=O)CCCCCCCCCCCCCCC)COP(=O)(O)O[C@H]1C(O)C(O)C(O)[C@@H](OP(=O)(O)O)C1O. The van der Waals surface area contributed by atoms with Gasteiger partial charge >= 0.3 is 27.6 Å². The highest BCUT2D eigenvalue weighted by molar-refractivity contribution is 7.47. The van der Waals surface area contributed by atoms with E-state index in [-0.39, 0.29) is 18.9 Å². The van der Waals surface area contributed by atoms with E-state index in [1.165, 1.54) is 70.6 Å². The van der Waals surface area contributed by atoms with Crippen molar-refractivity contribution in [3.8, 4) is 0 Å². The van der Waals surface area contributed by atoms with Gasteiger partial charge in [0.25, 0.3) is 0 Å². The van der Waals surface area contributed by atoms with Gasteiger partial charge < -0.3 is 49.3 Å². The molecule has 1 saturated carbocycles. The second kappa shape index (κ2) is 33.6. The molecule has 1 aliphatic carbocycles. The van der Waals surface area contributed by atoms with Crippen LogP contribution in [0.1, 0.15) is 168 Å². The number of phosphoric acid groups is 2. The smallest absolute Gasteiger partial charge is 0.462 e. The number of carbonyl (C=O) groups is 2. The van der Waals surface area contributed by atoms with Crippen LogP contribution < -0.4 is 0 Å². The van der Waals surface area contributed by atoms with E-state index >= 15 is 0 Å². The lowest BCUT2D eigenvalue weighted by Crippen LogP contribution is -2.64. The number of hydrogen-bond donors (Lipinski definition) is 7. The van der Waals surface area contributed by atoms with E-state index in [4.69, 9.17) is 33.0 Å². The van der Waals surface area contributed by atoms with Crippen LogP contribution in [-0.2, 0) is 46.5 Å². The third-order valence-electron chi connectivity index (χ3n) is 11.1. The molecular weight excluding hydrogens is 874 g/mol. The van der Waals surface area contributed by atoms with Gasteiger partial charge in [0.1, 0.15) is 43.2 Å². The Labute approximate surface area is 380 Å². The fraction of sp³-hybridized carbons (Fsp3) is 0.822. The summed E-state index contributed by atoms with van der Waals surface area (Å²) in [4.78, 5) is 54.2. The topological polar surface area (TPSA) is 269 Å². The molecule has 7 unspecified atom stereocenters. The second-order valence-corrected chi connectivity index (χ2v) is 19.5. The molecule has 2 fully saturated rings. The van der Waals surface area contributed by atoms with Gasteiger partial charge in [0.05, 0.1) is 18.8 Å². The summed E-state index contributed by atoms with van der Waals surface area (Å²) < 4.78 is 55.0. The minimum Gasteiger partial charge on any atom is -0.462 e. The Morgan fingerprint density at radius 3 is 1.64 bits per heavy atom. The number of ether oxygens (including phenoxy) is 3. The third-order valence-corrected chi connectivity index (χ3v) is 12.6. The summed E-state index contributed by atoms with van der Waals surface area (Å²) in [5, 5.41) is 41.2. The number of hydrogen-bond acceptors (Lipinski definition) is 14. The van der Waals surface area contributed by atoms with Crippen LogP contribution in [0.5, 0.6) is 0 Å². The van der Waals surface area contributed by atoms with Gasteiger partial charge in [-0.3, -0.25) is 23.2 Å². The standard InChI is InChI=1S/C45H80O17P2/c1-3-5-7-9-11-12-13-14-15-16-19-23-27-31-38(46)57-33-35(34-58-64(55,56)62-45-42(50)40(48)41(49)44(43(45)51)61-63(52,53)54)59-39(47)32-28-24-20-17-18-22-26-30-37-36(60-37)29-25-21-10-8-6-4-2/h17,20-22,25-26,35-37,40-45,48-51H,3-16,18-19,23-24,27-34H2,1-2H3,(H,55,56)(H2,52,53,54)/b20-17-,25-21-,26-22-/t35-,36?,37?,40?,41?,42?,43?,44-,45+/m1/s1. The predicted octanol–water partition coefficient (Wildman–Crippen LogP) is 7.72. The molecular formula is C45H80O17P2. The molecule has 0 radical (unpaired) electrons. The van der Waals surface area contributed by atoms with Gasteiger partial charge in [-0.1, -0.05) is 140 Å². The second-order valence-electron chi connectivity index (χ2n) is 16.9. The van der Waals surface area contributed by atoms with E-state index in [1.807, 2.05) is 12.2 Å². The maximum absolute atomic E-state index is 13.0. The average molecular weight is 955 g/mol. The van der Waals surface area contributed by atoms with Crippen LogP contribution in [0.2, 0.25) is 0 Å². The summed E-state index contributed by atoms with van der Waals surface area (Å²) in [5.74, 6) is -1.27. The minimum absolute atomic E-state index is 0.0358. The van der Waals surface area contributed by atoms with Crippen molar-refractivity contribution in [2.75, 3.05) is 13.2 Å². The molecule has 7 N–H and O–H groups in total. The van der Waals surface area contributed by atoms with E-state index in [9.17, 15) is 44.0 Å². The lowest BCUT2D eigenvalue weighted by atomic mass is 9.85. The predicted molar refractivity (Wildman–Crippen MR) is 241 cm³/mol. The summed E-state index contributed by atoms with van der Waals surface area (Å²) in [5.41, 5.74) is 0. The van der Waals surface area contributed by atoms with Crippen LogP contribution in [0.3, 0.4) is 0 Å². The largest absolute Gasteiger partial charge is 0.472 e. The Hall–Kier alpha value is -1.82. The number of phosphoric ester groups is 2. The average Bonchev–Trinajstić information content (AvgIpc) is 4.01. The number of rotatable bonds is 38. The van der Waals surface area contributed by atoms with Crippen LogP contribution in [-0.4, -0.2) is 115 Å². The van der Waals surface area contributed by atoms with E-state index < -0.39 is 83.5 Å². The Bertz CT molecular complexity index is 1450. The summed E-state index contributed by atoms with van der Waals surface area (Å²) >= 11 is 0. The fourth-order valence-electron chi connectivity index (χ4n) is 7.30. The Morgan fingerprint density at radius 1 is 0.562 bits per heavy atom. The third kappa shape index (κ3) is 27.1. The van der Waals surface area contributed by atoms with E-state index in [2.05, 4.69) is 42.7 Å².